The lowest BCUT2D eigenvalue weighted by Gasteiger charge is -2.34. The van der Waals surface area contributed by atoms with Gasteiger partial charge in [0.05, 0.1) is 16.4 Å². The van der Waals surface area contributed by atoms with Gasteiger partial charge in [-0.25, -0.2) is 4.79 Å². The van der Waals surface area contributed by atoms with Crippen LogP contribution in [-0.2, 0) is 9.59 Å². The summed E-state index contributed by atoms with van der Waals surface area (Å²) < 4.78 is 5.37. The van der Waals surface area contributed by atoms with Crippen molar-refractivity contribution in [3.8, 4) is 5.75 Å². The van der Waals surface area contributed by atoms with E-state index in [2.05, 4.69) is 10.6 Å². The van der Waals surface area contributed by atoms with Gasteiger partial charge in [0.1, 0.15) is 5.75 Å². The van der Waals surface area contributed by atoms with Gasteiger partial charge in [0, 0.05) is 38.2 Å². The number of ether oxygens (including phenoxy) is 1. The van der Waals surface area contributed by atoms with Crippen LogP contribution >= 0.6 is 11.6 Å². The van der Waals surface area contributed by atoms with Gasteiger partial charge in [0.15, 0.2) is 6.61 Å². The number of likely N-dealkylation sites (tertiary alicyclic amines) is 1. The van der Waals surface area contributed by atoms with Gasteiger partial charge in [0.25, 0.3) is 5.91 Å². The van der Waals surface area contributed by atoms with E-state index in [1.54, 1.807) is 21.9 Å². The second-order valence-corrected chi connectivity index (χ2v) is 7.28. The molecule has 152 valence electrons. The average Bonchev–Trinajstić information content (AvgIpc) is 2.69. The number of fused-ring (bicyclic) bond motifs is 1. The van der Waals surface area contributed by atoms with E-state index in [1.807, 2.05) is 13.8 Å². The van der Waals surface area contributed by atoms with Crippen LogP contribution in [0.1, 0.15) is 26.7 Å². The molecule has 0 radical (unpaired) electrons. The predicted octanol–water partition coefficient (Wildman–Crippen LogP) is 2.78. The van der Waals surface area contributed by atoms with Crippen molar-refractivity contribution in [2.24, 2.45) is 5.92 Å². The van der Waals surface area contributed by atoms with E-state index >= 15 is 0 Å². The first kappa shape index (κ1) is 20.3. The molecule has 28 heavy (non-hydrogen) atoms. The lowest BCUT2D eigenvalue weighted by Crippen LogP contribution is -2.47. The number of amides is 4. The minimum absolute atomic E-state index is 0.0285. The van der Waals surface area contributed by atoms with E-state index in [0.717, 1.165) is 0 Å². The lowest BCUT2D eigenvalue weighted by atomic mass is 9.96. The third-order valence-electron chi connectivity index (χ3n) is 5.13. The van der Waals surface area contributed by atoms with Gasteiger partial charge in [-0.1, -0.05) is 11.6 Å². The predicted molar refractivity (Wildman–Crippen MR) is 107 cm³/mol. The number of hydrogen-bond acceptors (Lipinski definition) is 4. The molecule has 0 unspecified atom stereocenters. The van der Waals surface area contributed by atoms with Gasteiger partial charge in [-0.15, -0.1) is 0 Å². The van der Waals surface area contributed by atoms with Crippen molar-refractivity contribution >= 4 is 40.8 Å². The highest BCUT2D eigenvalue weighted by Gasteiger charge is 2.29. The SMILES string of the molecule is CCN(CC)C(=O)N1CCC(C(=O)Nc2cc3c(cc2Cl)NC(=O)CO3)CC1. The third-order valence-corrected chi connectivity index (χ3v) is 5.44. The molecule has 2 aliphatic heterocycles. The number of halogens is 1. The summed E-state index contributed by atoms with van der Waals surface area (Å²) in [6.45, 7) is 6.31. The molecule has 4 amide bonds. The number of benzene rings is 1. The molecule has 0 aromatic heterocycles. The van der Waals surface area contributed by atoms with E-state index in [9.17, 15) is 14.4 Å². The summed E-state index contributed by atoms with van der Waals surface area (Å²) in [6.07, 6.45) is 1.21. The fourth-order valence-electron chi connectivity index (χ4n) is 3.46. The lowest BCUT2D eigenvalue weighted by molar-refractivity contribution is -0.121. The normalized spacial score (nSPS) is 16.7. The summed E-state index contributed by atoms with van der Waals surface area (Å²) in [5.74, 6) is -0.0876. The zero-order valence-electron chi connectivity index (χ0n) is 16.1. The van der Waals surface area contributed by atoms with Gasteiger partial charge in [0.2, 0.25) is 5.91 Å². The molecule has 8 nitrogen and oxygen atoms in total. The maximum atomic E-state index is 12.7. The van der Waals surface area contributed by atoms with Crippen LogP contribution in [0.3, 0.4) is 0 Å². The van der Waals surface area contributed by atoms with Gasteiger partial charge in [-0.2, -0.15) is 0 Å². The molecule has 1 fully saturated rings. The maximum absolute atomic E-state index is 12.7. The molecular formula is C19H25ClN4O4. The van der Waals surface area contributed by atoms with Crippen molar-refractivity contribution in [1.82, 2.24) is 9.80 Å². The Labute approximate surface area is 169 Å². The Morgan fingerprint density at radius 3 is 2.61 bits per heavy atom. The van der Waals surface area contributed by atoms with Crippen LogP contribution in [0.4, 0.5) is 16.2 Å². The van der Waals surface area contributed by atoms with E-state index in [1.165, 1.54) is 0 Å². The number of anilines is 2. The number of piperidine rings is 1. The molecular weight excluding hydrogens is 384 g/mol. The summed E-state index contributed by atoms with van der Waals surface area (Å²) in [5.41, 5.74) is 0.936. The van der Waals surface area contributed by atoms with Crippen molar-refractivity contribution in [2.75, 3.05) is 43.4 Å². The summed E-state index contributed by atoms with van der Waals surface area (Å²) in [7, 11) is 0. The minimum atomic E-state index is -0.244. The first-order valence-corrected chi connectivity index (χ1v) is 9.91. The first-order chi connectivity index (χ1) is 13.4. The number of urea groups is 1. The molecule has 3 rings (SSSR count). The number of nitrogens with one attached hydrogen (secondary N) is 2. The Morgan fingerprint density at radius 1 is 1.29 bits per heavy atom. The average molecular weight is 409 g/mol. The third kappa shape index (κ3) is 4.32. The highest BCUT2D eigenvalue weighted by atomic mass is 35.5. The maximum Gasteiger partial charge on any atom is 0.319 e. The first-order valence-electron chi connectivity index (χ1n) is 9.53. The molecule has 0 atom stereocenters. The zero-order chi connectivity index (χ0) is 20.3. The van der Waals surface area contributed by atoms with Gasteiger partial charge in [-0.3, -0.25) is 9.59 Å². The molecule has 2 N–H and O–H groups in total. The highest BCUT2D eigenvalue weighted by Crippen LogP contribution is 2.36. The van der Waals surface area contributed by atoms with Crippen molar-refractivity contribution < 1.29 is 19.1 Å². The molecule has 1 aromatic rings. The molecule has 9 heteroatoms. The number of carbonyl (C=O) groups excluding carboxylic acids is 3. The topological polar surface area (TPSA) is 91.0 Å². The number of carbonyl (C=O) groups is 3. The van der Waals surface area contributed by atoms with E-state index < -0.39 is 0 Å². The quantitative estimate of drug-likeness (QED) is 0.801. The Bertz CT molecular complexity index is 773. The summed E-state index contributed by atoms with van der Waals surface area (Å²) in [4.78, 5) is 40.1. The largest absolute Gasteiger partial charge is 0.482 e. The highest BCUT2D eigenvalue weighted by molar-refractivity contribution is 6.34. The van der Waals surface area contributed by atoms with Crippen molar-refractivity contribution in [3.63, 3.8) is 0 Å². The van der Waals surface area contributed by atoms with Crippen LogP contribution in [0.15, 0.2) is 12.1 Å². The number of nitrogens with zero attached hydrogens (tertiary/aromatic N) is 2. The van der Waals surface area contributed by atoms with Crippen molar-refractivity contribution in [2.45, 2.75) is 26.7 Å². The molecule has 2 heterocycles. The van der Waals surface area contributed by atoms with Gasteiger partial charge < -0.3 is 25.2 Å². The molecule has 0 aliphatic carbocycles. The Kier molecular flexibility index (Phi) is 6.28. The summed E-state index contributed by atoms with van der Waals surface area (Å²) >= 11 is 6.24. The number of hydrogen-bond donors (Lipinski definition) is 2. The summed E-state index contributed by atoms with van der Waals surface area (Å²) in [5, 5.41) is 5.86. The van der Waals surface area contributed by atoms with Crippen LogP contribution in [0.25, 0.3) is 0 Å². The Morgan fingerprint density at radius 2 is 1.96 bits per heavy atom. The van der Waals surface area contributed by atoms with Crippen LogP contribution < -0.4 is 15.4 Å². The van der Waals surface area contributed by atoms with Crippen LogP contribution in [0.5, 0.6) is 5.75 Å². The number of rotatable bonds is 4. The Balaban J connectivity index is 1.59. The zero-order valence-corrected chi connectivity index (χ0v) is 16.8. The van der Waals surface area contributed by atoms with E-state index in [0.29, 0.717) is 61.2 Å². The molecule has 0 spiro atoms. The molecule has 1 saturated heterocycles. The molecule has 2 aliphatic rings. The van der Waals surface area contributed by atoms with E-state index in [-0.39, 0.29) is 30.4 Å². The van der Waals surface area contributed by atoms with E-state index in [4.69, 9.17) is 16.3 Å². The second-order valence-electron chi connectivity index (χ2n) is 6.87. The Hall–Kier alpha value is -2.48. The molecule has 0 saturated carbocycles. The van der Waals surface area contributed by atoms with Crippen LogP contribution in [0, 0.1) is 5.92 Å². The standard InChI is InChI=1S/C19H25ClN4O4/c1-3-23(4-2)19(27)24-7-5-12(6-8-24)18(26)22-14-10-16-15(9-13(14)20)21-17(25)11-28-16/h9-10,12H,3-8,11H2,1-2H3,(H,21,25)(H,22,26). The molecule has 1 aromatic carbocycles. The smallest absolute Gasteiger partial charge is 0.319 e. The van der Waals surface area contributed by atoms with Crippen molar-refractivity contribution in [3.05, 3.63) is 17.2 Å². The van der Waals surface area contributed by atoms with Crippen LogP contribution in [0.2, 0.25) is 5.02 Å². The fourth-order valence-corrected chi connectivity index (χ4v) is 3.67. The van der Waals surface area contributed by atoms with Crippen LogP contribution in [-0.4, -0.2) is 60.4 Å². The van der Waals surface area contributed by atoms with Crippen molar-refractivity contribution in [1.29, 1.82) is 0 Å². The second kappa shape index (κ2) is 8.68. The fraction of sp³-hybridized carbons (Fsp3) is 0.526. The molecule has 0 bridgehead atoms. The van der Waals surface area contributed by atoms with Gasteiger partial charge in [-0.05, 0) is 32.8 Å². The van der Waals surface area contributed by atoms with Gasteiger partial charge >= 0.3 is 6.03 Å². The summed E-state index contributed by atoms with van der Waals surface area (Å²) in [6, 6.07) is 3.21. The monoisotopic (exact) mass is 408 g/mol. The minimum Gasteiger partial charge on any atom is -0.482 e.